The Morgan fingerprint density at radius 3 is 2.41 bits per heavy atom. The molecule has 12 heteroatoms. The number of aliphatic carboxylic acids is 1. The van der Waals surface area contributed by atoms with Crippen molar-refractivity contribution < 1.29 is 24.3 Å². The summed E-state index contributed by atoms with van der Waals surface area (Å²) in [4.78, 5) is 54.2. The minimum Gasteiger partial charge on any atom is -0.480 e. The fraction of sp³-hybridized carbons (Fsp3) is 0.312. The molecule has 3 aromatic rings. The van der Waals surface area contributed by atoms with Crippen molar-refractivity contribution in [2.75, 3.05) is 20.1 Å². The number of hydrogen-bond donors (Lipinski definition) is 3. The first-order valence-corrected chi connectivity index (χ1v) is 15.3. The summed E-state index contributed by atoms with van der Waals surface area (Å²) < 4.78 is 0. The van der Waals surface area contributed by atoms with Crippen LogP contribution in [0.3, 0.4) is 0 Å². The van der Waals surface area contributed by atoms with Crippen LogP contribution in [0, 0.1) is 0 Å². The van der Waals surface area contributed by atoms with E-state index in [4.69, 9.17) is 34.8 Å². The van der Waals surface area contributed by atoms with E-state index in [0.717, 1.165) is 29.5 Å². The fourth-order valence-electron chi connectivity index (χ4n) is 5.04. The van der Waals surface area contributed by atoms with Gasteiger partial charge in [-0.05, 0) is 47.2 Å². The number of urea groups is 1. The van der Waals surface area contributed by atoms with Crippen LogP contribution < -0.4 is 10.6 Å². The maximum Gasteiger partial charge on any atom is 0.328 e. The standard InChI is InChI=1S/C32H33Cl3N4O5/c1-3-7-21-11-10-20(14-24(21)33)18-39-13-12-22-23(30(39)41)15-25(34)27(28(22)35)29(40)37-26(31(42)43)16-36-32(44)38(2)17-19-8-5-4-6-9-19/h4-6,8-11,14-15,26H,3,7,12-13,16-18H2,1-2H3,(H,36,44)(H,37,40)(H,42,43)/t26-/m0/s1. The van der Waals surface area contributed by atoms with Gasteiger partial charge in [0.1, 0.15) is 6.04 Å². The number of carbonyl (C=O) groups is 4. The van der Waals surface area contributed by atoms with Gasteiger partial charge < -0.3 is 25.5 Å². The van der Waals surface area contributed by atoms with E-state index in [1.165, 1.54) is 11.0 Å². The lowest BCUT2D eigenvalue weighted by Gasteiger charge is -2.30. The van der Waals surface area contributed by atoms with Crippen LogP contribution in [-0.2, 0) is 30.7 Å². The number of benzene rings is 3. The number of nitrogens with one attached hydrogen (secondary N) is 2. The summed E-state index contributed by atoms with van der Waals surface area (Å²) in [5.41, 5.74) is 3.45. The molecule has 1 aliphatic heterocycles. The van der Waals surface area contributed by atoms with Crippen LogP contribution in [0.15, 0.2) is 54.6 Å². The third-order valence-electron chi connectivity index (χ3n) is 7.38. The first-order valence-electron chi connectivity index (χ1n) is 14.1. The van der Waals surface area contributed by atoms with E-state index >= 15 is 0 Å². The second-order valence-electron chi connectivity index (χ2n) is 10.6. The molecule has 0 bridgehead atoms. The van der Waals surface area contributed by atoms with E-state index in [-0.39, 0.29) is 33.6 Å². The van der Waals surface area contributed by atoms with Gasteiger partial charge >= 0.3 is 12.0 Å². The number of rotatable bonds is 11. The molecule has 4 amide bonds. The zero-order valence-corrected chi connectivity index (χ0v) is 26.6. The summed E-state index contributed by atoms with van der Waals surface area (Å²) in [6.07, 6.45) is 2.21. The van der Waals surface area contributed by atoms with Crippen LogP contribution in [0.1, 0.15) is 56.3 Å². The summed E-state index contributed by atoms with van der Waals surface area (Å²) in [6, 6.07) is 14.5. The Morgan fingerprint density at radius 2 is 1.75 bits per heavy atom. The summed E-state index contributed by atoms with van der Waals surface area (Å²) >= 11 is 19.5. The highest BCUT2D eigenvalue weighted by atomic mass is 35.5. The molecule has 3 aromatic carbocycles. The molecule has 44 heavy (non-hydrogen) atoms. The van der Waals surface area contributed by atoms with Gasteiger partial charge in [-0.3, -0.25) is 9.59 Å². The number of aryl methyl sites for hydroxylation is 1. The minimum absolute atomic E-state index is 0.0132. The maximum atomic E-state index is 13.4. The number of hydrogen-bond acceptors (Lipinski definition) is 4. The third kappa shape index (κ3) is 7.83. The van der Waals surface area contributed by atoms with E-state index in [1.54, 1.807) is 11.9 Å². The molecule has 4 rings (SSSR count). The zero-order valence-electron chi connectivity index (χ0n) is 24.3. The molecule has 3 N–H and O–H groups in total. The molecule has 1 aliphatic rings. The Labute approximate surface area is 271 Å². The van der Waals surface area contributed by atoms with Crippen LogP contribution in [0.5, 0.6) is 0 Å². The Balaban J connectivity index is 1.43. The first kappa shape index (κ1) is 33.1. The summed E-state index contributed by atoms with van der Waals surface area (Å²) in [5, 5.41) is 15.2. The first-order chi connectivity index (χ1) is 21.0. The number of halogens is 3. The van der Waals surface area contributed by atoms with Gasteiger partial charge in [0.2, 0.25) is 0 Å². The van der Waals surface area contributed by atoms with Crippen molar-refractivity contribution in [3.8, 4) is 0 Å². The second-order valence-corrected chi connectivity index (χ2v) is 11.8. The molecule has 0 saturated heterocycles. The average Bonchev–Trinajstić information content (AvgIpc) is 2.98. The Morgan fingerprint density at radius 1 is 1.02 bits per heavy atom. The number of fused-ring (bicyclic) bond motifs is 1. The highest BCUT2D eigenvalue weighted by molar-refractivity contribution is 6.41. The summed E-state index contributed by atoms with van der Waals surface area (Å²) in [7, 11) is 1.57. The molecule has 0 aliphatic carbocycles. The van der Waals surface area contributed by atoms with Crippen LogP contribution in [0.2, 0.25) is 15.1 Å². The Hall–Kier alpha value is -3.79. The lowest BCUT2D eigenvalue weighted by molar-refractivity contribution is -0.139. The van der Waals surface area contributed by atoms with Crippen LogP contribution in [0.25, 0.3) is 0 Å². The largest absolute Gasteiger partial charge is 0.480 e. The molecular formula is C32H33Cl3N4O5. The molecule has 1 atom stereocenters. The van der Waals surface area contributed by atoms with Crippen LogP contribution in [0.4, 0.5) is 4.79 Å². The quantitative estimate of drug-likeness (QED) is 0.240. The van der Waals surface area contributed by atoms with Crippen molar-refractivity contribution in [3.05, 3.63) is 103 Å². The molecule has 0 radical (unpaired) electrons. The summed E-state index contributed by atoms with van der Waals surface area (Å²) in [5.74, 6) is -2.48. The van der Waals surface area contributed by atoms with Gasteiger partial charge in [0.25, 0.3) is 11.8 Å². The maximum absolute atomic E-state index is 13.4. The van der Waals surface area contributed by atoms with Crippen molar-refractivity contribution in [1.29, 1.82) is 0 Å². The number of carboxylic acids is 1. The third-order valence-corrected chi connectivity index (χ3v) is 8.44. The highest BCUT2D eigenvalue weighted by Crippen LogP contribution is 2.35. The van der Waals surface area contributed by atoms with E-state index < -0.39 is 23.9 Å². The van der Waals surface area contributed by atoms with Gasteiger partial charge in [-0.1, -0.05) is 90.6 Å². The van der Waals surface area contributed by atoms with Gasteiger partial charge in [-0.15, -0.1) is 0 Å². The van der Waals surface area contributed by atoms with Crippen molar-refractivity contribution in [2.45, 2.75) is 45.3 Å². The zero-order chi connectivity index (χ0) is 32.0. The molecule has 0 aromatic heterocycles. The van der Waals surface area contributed by atoms with Crippen molar-refractivity contribution in [3.63, 3.8) is 0 Å². The van der Waals surface area contributed by atoms with E-state index in [0.29, 0.717) is 36.6 Å². The molecular weight excluding hydrogens is 627 g/mol. The predicted octanol–water partition coefficient (Wildman–Crippen LogP) is 5.82. The van der Waals surface area contributed by atoms with Gasteiger partial charge in [-0.2, -0.15) is 0 Å². The number of carbonyl (C=O) groups excluding carboxylic acids is 3. The van der Waals surface area contributed by atoms with Crippen molar-refractivity contribution in [2.24, 2.45) is 0 Å². The molecule has 0 fully saturated rings. The molecule has 1 heterocycles. The molecule has 0 spiro atoms. The Kier molecular flexibility index (Phi) is 11.1. The predicted molar refractivity (Wildman–Crippen MR) is 171 cm³/mol. The van der Waals surface area contributed by atoms with Gasteiger partial charge in [-0.25, -0.2) is 9.59 Å². The highest BCUT2D eigenvalue weighted by Gasteiger charge is 2.32. The second kappa shape index (κ2) is 14.8. The fourth-order valence-corrected chi connectivity index (χ4v) is 6.06. The lowest BCUT2D eigenvalue weighted by atomic mass is 9.95. The molecule has 0 unspecified atom stereocenters. The van der Waals surface area contributed by atoms with Crippen LogP contribution >= 0.6 is 34.8 Å². The topological polar surface area (TPSA) is 119 Å². The number of nitrogens with zero attached hydrogens (tertiary/aromatic N) is 2. The number of amides is 4. The van der Waals surface area contributed by atoms with Crippen molar-refractivity contribution in [1.82, 2.24) is 20.4 Å². The van der Waals surface area contributed by atoms with Crippen molar-refractivity contribution >= 4 is 58.6 Å². The van der Waals surface area contributed by atoms with E-state index in [2.05, 4.69) is 17.6 Å². The normalized spacial score (nSPS) is 13.2. The Bertz CT molecular complexity index is 1570. The number of carboxylic acid groups (broad SMARTS) is 1. The van der Waals surface area contributed by atoms with Gasteiger partial charge in [0, 0.05) is 37.3 Å². The average molecular weight is 660 g/mol. The molecule has 9 nitrogen and oxygen atoms in total. The summed E-state index contributed by atoms with van der Waals surface area (Å²) in [6.45, 7) is 2.71. The van der Waals surface area contributed by atoms with Gasteiger partial charge in [0.15, 0.2) is 0 Å². The monoisotopic (exact) mass is 658 g/mol. The molecule has 232 valence electrons. The van der Waals surface area contributed by atoms with Crippen LogP contribution in [-0.4, -0.2) is 64.9 Å². The van der Waals surface area contributed by atoms with Gasteiger partial charge in [0.05, 0.1) is 22.2 Å². The van der Waals surface area contributed by atoms with E-state index in [1.807, 2.05) is 48.5 Å². The molecule has 0 saturated carbocycles. The SMILES string of the molecule is CCCc1ccc(CN2CCc3c(cc(Cl)c(C(=O)N[C@@H](CNC(=O)N(C)Cc4ccccc4)C(=O)O)c3Cl)C2=O)cc1Cl. The van der Waals surface area contributed by atoms with E-state index in [9.17, 15) is 24.3 Å². The lowest BCUT2D eigenvalue weighted by Crippen LogP contribution is -2.50. The minimum atomic E-state index is -1.47. The smallest absolute Gasteiger partial charge is 0.328 e.